The molecule has 0 aromatic carbocycles. The Balaban J connectivity index is 2.80. The predicted octanol–water partition coefficient (Wildman–Crippen LogP) is -1.98. The second-order valence-electron chi connectivity index (χ2n) is 2.72. The van der Waals surface area contributed by atoms with Crippen LogP contribution in [0.1, 0.15) is 6.92 Å². The van der Waals surface area contributed by atoms with E-state index < -0.39 is 30.4 Å². The second-order valence-corrected chi connectivity index (χ2v) is 2.72. The van der Waals surface area contributed by atoms with Crippen molar-refractivity contribution in [3.8, 4) is 0 Å². The van der Waals surface area contributed by atoms with Crippen molar-refractivity contribution in [2.24, 2.45) is 0 Å². The first-order valence-electron chi connectivity index (χ1n) is 3.22. The Kier molecular flexibility index (Phi) is 1.87. The average Bonchev–Trinajstić information content (AvgIpc) is 2.14. The van der Waals surface area contributed by atoms with E-state index in [4.69, 9.17) is 10.2 Å². The van der Waals surface area contributed by atoms with Gasteiger partial charge in [-0.05, 0) is 6.92 Å². The Morgan fingerprint density at radius 2 is 2.27 bits per heavy atom. The Hall–Kier alpha value is -0.650. The lowest BCUT2D eigenvalue weighted by atomic mass is 9.99. The highest BCUT2D eigenvalue weighted by Crippen LogP contribution is 2.25. The van der Waals surface area contributed by atoms with E-state index in [2.05, 4.69) is 4.74 Å². The molecule has 64 valence electrons. The van der Waals surface area contributed by atoms with E-state index in [0.717, 1.165) is 6.92 Å². The molecular weight excluding hydrogens is 152 g/mol. The maximum absolute atomic E-state index is 10.7. The van der Waals surface area contributed by atoms with Crippen molar-refractivity contribution in [1.82, 2.24) is 0 Å². The highest BCUT2D eigenvalue weighted by molar-refractivity contribution is 5.82. The minimum atomic E-state index is -1.88. The van der Waals surface area contributed by atoms with Crippen molar-refractivity contribution in [3.05, 3.63) is 0 Å². The van der Waals surface area contributed by atoms with Gasteiger partial charge in [-0.1, -0.05) is 0 Å². The van der Waals surface area contributed by atoms with Crippen LogP contribution in [0, 0.1) is 0 Å². The lowest BCUT2D eigenvalue weighted by molar-refractivity contribution is -0.155. The number of cyclic esters (lactones) is 1. The zero-order valence-electron chi connectivity index (χ0n) is 6.02. The zero-order valence-corrected chi connectivity index (χ0v) is 6.02. The van der Waals surface area contributed by atoms with Crippen LogP contribution in [0.5, 0.6) is 0 Å². The van der Waals surface area contributed by atoms with Crippen LogP contribution in [0.25, 0.3) is 0 Å². The molecule has 0 radical (unpaired) electrons. The van der Waals surface area contributed by atoms with Gasteiger partial charge in [-0.15, -0.1) is 0 Å². The topological polar surface area (TPSA) is 87.0 Å². The number of hydrogen-bond acceptors (Lipinski definition) is 5. The predicted molar refractivity (Wildman–Crippen MR) is 33.6 cm³/mol. The number of carbonyl (C=O) groups excluding carboxylic acids is 1. The van der Waals surface area contributed by atoms with Gasteiger partial charge in [0.25, 0.3) is 0 Å². The molecule has 11 heavy (non-hydrogen) atoms. The molecule has 0 aromatic rings. The van der Waals surface area contributed by atoms with E-state index in [1.807, 2.05) is 0 Å². The van der Waals surface area contributed by atoms with E-state index in [1.54, 1.807) is 0 Å². The summed E-state index contributed by atoms with van der Waals surface area (Å²) in [6.07, 6.45) is -2.35. The summed E-state index contributed by atoms with van der Waals surface area (Å²) >= 11 is 0. The molecule has 1 heterocycles. The van der Waals surface area contributed by atoms with Crippen molar-refractivity contribution in [2.75, 3.05) is 6.61 Å². The first-order valence-corrected chi connectivity index (χ1v) is 3.22. The fourth-order valence-electron chi connectivity index (χ4n) is 0.941. The summed E-state index contributed by atoms with van der Waals surface area (Å²) in [5.41, 5.74) is -1.88. The van der Waals surface area contributed by atoms with Crippen LogP contribution in [-0.4, -0.2) is 45.7 Å². The first kappa shape index (κ1) is 8.45. The molecule has 1 aliphatic rings. The third-order valence-corrected chi connectivity index (χ3v) is 1.78. The van der Waals surface area contributed by atoms with Gasteiger partial charge in [0.2, 0.25) is 0 Å². The van der Waals surface area contributed by atoms with Crippen molar-refractivity contribution < 1.29 is 24.9 Å². The van der Waals surface area contributed by atoms with Gasteiger partial charge in [-0.25, -0.2) is 4.79 Å². The number of ether oxygens (including phenoxy) is 1. The van der Waals surface area contributed by atoms with Crippen molar-refractivity contribution in [3.63, 3.8) is 0 Å². The summed E-state index contributed by atoms with van der Waals surface area (Å²) in [6, 6.07) is 0. The molecule has 0 aromatic heterocycles. The summed E-state index contributed by atoms with van der Waals surface area (Å²) in [7, 11) is 0. The molecule has 0 amide bonds. The van der Waals surface area contributed by atoms with Crippen LogP contribution in [-0.2, 0) is 9.53 Å². The fourth-order valence-corrected chi connectivity index (χ4v) is 0.941. The van der Waals surface area contributed by atoms with Crippen molar-refractivity contribution in [1.29, 1.82) is 0 Å². The van der Waals surface area contributed by atoms with Crippen LogP contribution in [0.2, 0.25) is 0 Å². The van der Waals surface area contributed by atoms with Crippen LogP contribution < -0.4 is 0 Å². The minimum Gasteiger partial charge on any atom is -0.455 e. The molecule has 1 rings (SSSR count). The molecule has 5 heteroatoms. The van der Waals surface area contributed by atoms with E-state index in [9.17, 15) is 9.90 Å². The largest absolute Gasteiger partial charge is 0.455 e. The van der Waals surface area contributed by atoms with Gasteiger partial charge in [0.1, 0.15) is 6.10 Å². The van der Waals surface area contributed by atoms with E-state index in [0.29, 0.717) is 0 Å². The smallest absolute Gasteiger partial charge is 0.341 e. The lowest BCUT2D eigenvalue weighted by Gasteiger charge is -2.16. The molecular formula is C6H10O5. The van der Waals surface area contributed by atoms with Gasteiger partial charge in [-0.3, -0.25) is 0 Å². The van der Waals surface area contributed by atoms with Crippen molar-refractivity contribution >= 4 is 5.97 Å². The maximum atomic E-state index is 10.7. The van der Waals surface area contributed by atoms with Crippen LogP contribution in [0.3, 0.4) is 0 Å². The molecule has 1 unspecified atom stereocenters. The van der Waals surface area contributed by atoms with Gasteiger partial charge in [0.15, 0.2) is 11.7 Å². The molecule has 0 bridgehead atoms. The quantitative estimate of drug-likeness (QED) is 0.389. The lowest BCUT2D eigenvalue weighted by Crippen LogP contribution is -2.43. The van der Waals surface area contributed by atoms with Crippen LogP contribution in [0.4, 0.5) is 0 Å². The molecule has 1 fully saturated rings. The average molecular weight is 162 g/mol. The van der Waals surface area contributed by atoms with Gasteiger partial charge in [0, 0.05) is 0 Å². The summed E-state index contributed by atoms with van der Waals surface area (Å²) in [4.78, 5) is 10.7. The molecule has 1 saturated heterocycles. The number of aliphatic hydroxyl groups is 3. The Labute approximate surface area is 63.2 Å². The summed E-state index contributed by atoms with van der Waals surface area (Å²) in [6.45, 7) is 0.665. The van der Waals surface area contributed by atoms with Gasteiger partial charge in [-0.2, -0.15) is 0 Å². The highest BCUT2D eigenvalue weighted by atomic mass is 16.6. The number of rotatable bonds is 1. The van der Waals surface area contributed by atoms with E-state index >= 15 is 0 Å². The molecule has 3 atom stereocenters. The number of esters is 1. The molecule has 0 aliphatic carbocycles. The van der Waals surface area contributed by atoms with Gasteiger partial charge in [0.05, 0.1) is 6.61 Å². The zero-order chi connectivity index (χ0) is 8.65. The maximum Gasteiger partial charge on any atom is 0.341 e. The van der Waals surface area contributed by atoms with Crippen LogP contribution >= 0.6 is 0 Å². The third kappa shape index (κ3) is 1.11. The van der Waals surface area contributed by atoms with E-state index in [1.165, 1.54) is 0 Å². The molecule has 1 aliphatic heterocycles. The normalized spacial score (nSPS) is 44.2. The Bertz CT molecular complexity index is 176. The van der Waals surface area contributed by atoms with Crippen LogP contribution in [0.15, 0.2) is 0 Å². The molecule has 0 spiro atoms. The summed E-state index contributed by atoms with van der Waals surface area (Å²) < 4.78 is 4.45. The fraction of sp³-hybridized carbons (Fsp3) is 0.833. The Morgan fingerprint density at radius 1 is 1.73 bits per heavy atom. The summed E-state index contributed by atoms with van der Waals surface area (Å²) in [5.74, 6) is -0.899. The molecule has 5 nitrogen and oxygen atoms in total. The van der Waals surface area contributed by atoms with E-state index in [-0.39, 0.29) is 0 Å². The monoisotopic (exact) mass is 162 g/mol. The van der Waals surface area contributed by atoms with Gasteiger partial charge < -0.3 is 20.1 Å². The standard InChI is InChI=1S/C6H10O5/c1-6(10)4(8)3(2-7)11-5(6)9/h3-4,7-8,10H,2H2,1H3/t3?,4-,6-/m1/s1. The summed E-state index contributed by atoms with van der Waals surface area (Å²) in [5, 5.41) is 26.9. The minimum absolute atomic E-state index is 0.483. The number of aliphatic hydroxyl groups excluding tert-OH is 2. The third-order valence-electron chi connectivity index (χ3n) is 1.78. The highest BCUT2D eigenvalue weighted by Gasteiger charge is 2.52. The molecule has 3 N–H and O–H groups in total. The second kappa shape index (κ2) is 2.44. The van der Waals surface area contributed by atoms with Crippen molar-refractivity contribution in [2.45, 2.75) is 24.7 Å². The SMILES string of the molecule is C[C@]1(O)C(=O)OC(CO)[C@H]1O. The molecule has 0 saturated carbocycles. The number of hydrogen-bond donors (Lipinski definition) is 3. The Morgan fingerprint density at radius 3 is 2.45 bits per heavy atom. The van der Waals surface area contributed by atoms with Gasteiger partial charge >= 0.3 is 5.97 Å². The number of carbonyl (C=O) groups is 1. The first-order chi connectivity index (χ1) is 5.00.